The maximum Gasteiger partial charge on any atom is 0.0790 e. The SMILES string of the molecule is CNC1C(CN2CCCOCC2)C(C)(C)OC1(C)C. The van der Waals surface area contributed by atoms with Crippen molar-refractivity contribution in [1.29, 1.82) is 0 Å². The maximum atomic E-state index is 6.30. The summed E-state index contributed by atoms with van der Waals surface area (Å²) in [5.41, 5.74) is -0.185. The van der Waals surface area contributed by atoms with Crippen LogP contribution in [0, 0.1) is 5.92 Å². The van der Waals surface area contributed by atoms with E-state index >= 15 is 0 Å². The summed E-state index contributed by atoms with van der Waals surface area (Å²) in [6, 6.07) is 0.395. The Labute approximate surface area is 117 Å². The smallest absolute Gasteiger partial charge is 0.0790 e. The normalized spacial score (nSPS) is 35.2. The first kappa shape index (κ1) is 15.2. The van der Waals surface area contributed by atoms with Gasteiger partial charge in [0.05, 0.1) is 17.8 Å². The first-order valence-corrected chi connectivity index (χ1v) is 7.54. The zero-order chi connectivity index (χ0) is 14.1. The van der Waals surface area contributed by atoms with Crippen molar-refractivity contribution in [3.63, 3.8) is 0 Å². The minimum absolute atomic E-state index is 0.0790. The molecule has 112 valence electrons. The van der Waals surface area contributed by atoms with E-state index in [1.54, 1.807) is 0 Å². The van der Waals surface area contributed by atoms with Crippen molar-refractivity contribution in [2.24, 2.45) is 5.92 Å². The molecule has 1 N–H and O–H groups in total. The van der Waals surface area contributed by atoms with Gasteiger partial charge in [-0.3, -0.25) is 0 Å². The molecule has 4 heteroatoms. The summed E-state index contributed by atoms with van der Waals surface area (Å²) in [4.78, 5) is 2.54. The van der Waals surface area contributed by atoms with Crippen LogP contribution in [0.3, 0.4) is 0 Å². The van der Waals surface area contributed by atoms with Gasteiger partial charge in [-0.2, -0.15) is 0 Å². The van der Waals surface area contributed by atoms with Crippen molar-refractivity contribution in [3.05, 3.63) is 0 Å². The van der Waals surface area contributed by atoms with E-state index in [0.29, 0.717) is 12.0 Å². The van der Waals surface area contributed by atoms with Gasteiger partial charge < -0.3 is 19.7 Å². The molecular weight excluding hydrogens is 240 g/mol. The third kappa shape index (κ3) is 3.30. The lowest BCUT2D eigenvalue weighted by Crippen LogP contribution is -2.50. The second-order valence-electron chi connectivity index (χ2n) is 6.95. The molecule has 2 unspecified atom stereocenters. The van der Waals surface area contributed by atoms with Gasteiger partial charge >= 0.3 is 0 Å². The molecule has 0 aliphatic carbocycles. The van der Waals surface area contributed by atoms with Gasteiger partial charge in [0.2, 0.25) is 0 Å². The van der Waals surface area contributed by atoms with E-state index in [2.05, 4.69) is 45.0 Å². The zero-order valence-electron chi connectivity index (χ0n) is 13.2. The largest absolute Gasteiger partial charge is 0.380 e. The van der Waals surface area contributed by atoms with Gasteiger partial charge in [-0.25, -0.2) is 0 Å². The molecule has 0 saturated carbocycles. The van der Waals surface area contributed by atoms with E-state index in [-0.39, 0.29) is 11.2 Å². The predicted octanol–water partition coefficient (Wildman–Crippen LogP) is 1.50. The molecule has 2 heterocycles. The summed E-state index contributed by atoms with van der Waals surface area (Å²) in [7, 11) is 2.05. The summed E-state index contributed by atoms with van der Waals surface area (Å²) in [5, 5.41) is 3.48. The van der Waals surface area contributed by atoms with Crippen molar-refractivity contribution < 1.29 is 9.47 Å². The lowest BCUT2D eigenvalue weighted by Gasteiger charge is -2.33. The maximum absolute atomic E-state index is 6.30. The molecule has 4 nitrogen and oxygen atoms in total. The molecule has 2 rings (SSSR count). The summed E-state index contributed by atoms with van der Waals surface area (Å²) in [6.07, 6.45) is 1.14. The van der Waals surface area contributed by atoms with Crippen LogP contribution in [0.4, 0.5) is 0 Å². The van der Waals surface area contributed by atoms with Crippen LogP contribution in [0.5, 0.6) is 0 Å². The third-order valence-corrected chi connectivity index (χ3v) is 4.65. The van der Waals surface area contributed by atoms with E-state index < -0.39 is 0 Å². The second kappa shape index (κ2) is 5.68. The number of rotatable bonds is 3. The molecule has 0 radical (unpaired) electrons. The van der Waals surface area contributed by atoms with Crippen LogP contribution in [0.15, 0.2) is 0 Å². The molecular formula is C15H30N2O2. The average molecular weight is 270 g/mol. The fraction of sp³-hybridized carbons (Fsp3) is 1.00. The molecule has 2 saturated heterocycles. The minimum atomic E-state index is -0.106. The third-order valence-electron chi connectivity index (χ3n) is 4.65. The van der Waals surface area contributed by atoms with E-state index in [0.717, 1.165) is 39.3 Å². The van der Waals surface area contributed by atoms with Gasteiger partial charge in [0, 0.05) is 38.2 Å². The molecule has 0 amide bonds. The van der Waals surface area contributed by atoms with E-state index in [1.165, 1.54) is 0 Å². The van der Waals surface area contributed by atoms with Gasteiger partial charge in [-0.1, -0.05) is 0 Å². The lowest BCUT2D eigenvalue weighted by atomic mass is 9.82. The standard InChI is InChI=1S/C15H30N2O2/c1-14(2)12(13(16-5)15(3,4)19-14)11-17-7-6-9-18-10-8-17/h12-13,16H,6-11H2,1-5H3. The first-order valence-electron chi connectivity index (χ1n) is 7.54. The van der Waals surface area contributed by atoms with Crippen LogP contribution in [0.25, 0.3) is 0 Å². The van der Waals surface area contributed by atoms with Crippen LogP contribution >= 0.6 is 0 Å². The highest BCUT2D eigenvalue weighted by molar-refractivity contribution is 5.05. The van der Waals surface area contributed by atoms with Gasteiger partial charge in [0.15, 0.2) is 0 Å². The number of hydrogen-bond donors (Lipinski definition) is 1. The molecule has 0 spiro atoms. The molecule has 19 heavy (non-hydrogen) atoms. The highest BCUT2D eigenvalue weighted by Gasteiger charge is 2.53. The monoisotopic (exact) mass is 270 g/mol. The highest BCUT2D eigenvalue weighted by atomic mass is 16.5. The van der Waals surface area contributed by atoms with Gasteiger partial charge in [0.1, 0.15) is 0 Å². The van der Waals surface area contributed by atoms with E-state index in [4.69, 9.17) is 9.47 Å². The number of nitrogens with zero attached hydrogens (tertiary/aromatic N) is 1. The zero-order valence-corrected chi connectivity index (χ0v) is 13.2. The van der Waals surface area contributed by atoms with Crippen LogP contribution in [-0.2, 0) is 9.47 Å². The van der Waals surface area contributed by atoms with Crippen LogP contribution in [-0.4, -0.2) is 62.0 Å². The van der Waals surface area contributed by atoms with Gasteiger partial charge in [-0.15, -0.1) is 0 Å². The molecule has 2 aliphatic heterocycles. The van der Waals surface area contributed by atoms with Crippen LogP contribution in [0.1, 0.15) is 34.1 Å². The van der Waals surface area contributed by atoms with Gasteiger partial charge in [0.25, 0.3) is 0 Å². The fourth-order valence-corrected chi connectivity index (χ4v) is 3.84. The van der Waals surface area contributed by atoms with Crippen molar-refractivity contribution >= 4 is 0 Å². The quantitative estimate of drug-likeness (QED) is 0.843. The summed E-state index contributed by atoms with van der Waals surface area (Å²) in [6.45, 7) is 13.9. The van der Waals surface area contributed by atoms with Crippen LogP contribution < -0.4 is 5.32 Å². The molecule has 0 bridgehead atoms. The first-order chi connectivity index (χ1) is 8.87. The summed E-state index contributed by atoms with van der Waals surface area (Å²) < 4.78 is 11.9. The Bertz CT molecular complexity index is 297. The van der Waals surface area contributed by atoms with Crippen molar-refractivity contribution in [2.45, 2.75) is 51.4 Å². The minimum Gasteiger partial charge on any atom is -0.380 e. The average Bonchev–Trinajstić information content (AvgIpc) is 2.50. The Kier molecular flexibility index (Phi) is 4.56. The topological polar surface area (TPSA) is 33.7 Å². The fourth-order valence-electron chi connectivity index (χ4n) is 3.84. The Morgan fingerprint density at radius 2 is 1.84 bits per heavy atom. The number of nitrogens with one attached hydrogen (secondary N) is 1. The molecule has 0 aromatic carbocycles. The molecule has 0 aromatic rings. The highest BCUT2D eigenvalue weighted by Crippen LogP contribution is 2.42. The summed E-state index contributed by atoms with van der Waals surface area (Å²) >= 11 is 0. The second-order valence-corrected chi connectivity index (χ2v) is 6.95. The Balaban J connectivity index is 2.07. The lowest BCUT2D eigenvalue weighted by molar-refractivity contribution is -0.0794. The number of ether oxygens (including phenoxy) is 2. The summed E-state index contributed by atoms with van der Waals surface area (Å²) in [5.74, 6) is 0.505. The van der Waals surface area contributed by atoms with E-state index in [9.17, 15) is 0 Å². The van der Waals surface area contributed by atoms with Crippen molar-refractivity contribution in [3.8, 4) is 0 Å². The molecule has 2 aliphatic rings. The van der Waals surface area contributed by atoms with Gasteiger partial charge in [-0.05, 0) is 41.2 Å². The Hall–Kier alpha value is -0.160. The van der Waals surface area contributed by atoms with Crippen molar-refractivity contribution in [1.82, 2.24) is 10.2 Å². The molecule has 0 aromatic heterocycles. The van der Waals surface area contributed by atoms with Crippen molar-refractivity contribution in [2.75, 3.05) is 39.9 Å². The van der Waals surface area contributed by atoms with E-state index in [1.807, 2.05) is 0 Å². The van der Waals surface area contributed by atoms with Crippen LogP contribution in [0.2, 0.25) is 0 Å². The Morgan fingerprint density at radius 3 is 2.53 bits per heavy atom. The molecule has 2 fully saturated rings. The number of hydrogen-bond acceptors (Lipinski definition) is 4. The number of likely N-dealkylation sites (N-methyl/N-ethyl adjacent to an activating group) is 1. The predicted molar refractivity (Wildman–Crippen MR) is 77.5 cm³/mol. The Morgan fingerprint density at radius 1 is 1.11 bits per heavy atom. The molecule has 2 atom stereocenters.